The third-order valence-corrected chi connectivity index (χ3v) is 5.54. The number of carbonyl (C=O) groups is 1. The predicted molar refractivity (Wildman–Crippen MR) is 83.9 cm³/mol. The van der Waals surface area contributed by atoms with Crippen molar-refractivity contribution >= 4 is 5.97 Å². The summed E-state index contributed by atoms with van der Waals surface area (Å²) >= 11 is 0. The zero-order valence-electron chi connectivity index (χ0n) is 13.7. The van der Waals surface area contributed by atoms with Gasteiger partial charge in [-0.3, -0.25) is 4.79 Å². The van der Waals surface area contributed by atoms with E-state index in [9.17, 15) is 4.79 Å². The van der Waals surface area contributed by atoms with E-state index >= 15 is 0 Å². The van der Waals surface area contributed by atoms with E-state index < -0.39 is 11.0 Å². The van der Waals surface area contributed by atoms with Gasteiger partial charge in [0, 0.05) is 5.41 Å². The maximum atomic E-state index is 12.6. The second-order valence-electron chi connectivity index (χ2n) is 7.99. The standard InChI is InChI=1S/C19H26O2/c1-17(2,3)16(20)21-18(4)15-10-6-5-9-14(15)13-19(18)11-7-8-12-19/h5-6,9-10H,7-8,11-13H2,1-4H3. The molecule has 0 bridgehead atoms. The summed E-state index contributed by atoms with van der Waals surface area (Å²) < 4.78 is 6.19. The molecule has 0 aliphatic heterocycles. The Balaban J connectivity index is 2.04. The highest BCUT2D eigenvalue weighted by Gasteiger charge is 2.58. The van der Waals surface area contributed by atoms with Crippen molar-refractivity contribution in [2.75, 3.05) is 0 Å². The van der Waals surface area contributed by atoms with Gasteiger partial charge in [0.05, 0.1) is 5.41 Å². The van der Waals surface area contributed by atoms with Gasteiger partial charge in [-0.15, -0.1) is 0 Å². The summed E-state index contributed by atoms with van der Waals surface area (Å²) in [5.74, 6) is -0.0898. The molecule has 2 aliphatic carbocycles. The van der Waals surface area contributed by atoms with Crippen LogP contribution in [0.15, 0.2) is 24.3 Å². The third kappa shape index (κ3) is 2.11. The third-order valence-electron chi connectivity index (χ3n) is 5.54. The minimum Gasteiger partial charge on any atom is -0.453 e. The number of fused-ring (bicyclic) bond motifs is 1. The molecule has 1 aromatic rings. The molecule has 1 aromatic carbocycles. The molecule has 21 heavy (non-hydrogen) atoms. The molecule has 0 radical (unpaired) electrons. The molecule has 1 unspecified atom stereocenters. The quantitative estimate of drug-likeness (QED) is 0.705. The Bertz CT molecular complexity index is 561. The van der Waals surface area contributed by atoms with E-state index in [4.69, 9.17) is 4.74 Å². The van der Waals surface area contributed by atoms with Crippen LogP contribution < -0.4 is 0 Å². The monoisotopic (exact) mass is 286 g/mol. The van der Waals surface area contributed by atoms with Crippen LogP contribution in [0.4, 0.5) is 0 Å². The maximum absolute atomic E-state index is 12.6. The zero-order valence-corrected chi connectivity index (χ0v) is 13.7. The first-order valence-electron chi connectivity index (χ1n) is 8.10. The summed E-state index contributed by atoms with van der Waals surface area (Å²) in [6.45, 7) is 7.94. The second kappa shape index (κ2) is 4.59. The molecule has 0 amide bonds. The molecule has 0 saturated heterocycles. The largest absolute Gasteiger partial charge is 0.453 e. The minimum absolute atomic E-state index is 0.0898. The fourth-order valence-electron chi connectivity index (χ4n) is 4.17. The van der Waals surface area contributed by atoms with Gasteiger partial charge in [-0.1, -0.05) is 37.1 Å². The molecule has 0 aromatic heterocycles. The van der Waals surface area contributed by atoms with E-state index in [-0.39, 0.29) is 11.4 Å². The molecule has 0 heterocycles. The molecule has 2 heteroatoms. The fraction of sp³-hybridized carbons (Fsp3) is 0.632. The first-order chi connectivity index (χ1) is 9.79. The van der Waals surface area contributed by atoms with Gasteiger partial charge in [-0.05, 0) is 58.1 Å². The summed E-state index contributed by atoms with van der Waals surface area (Å²) in [7, 11) is 0. The summed E-state index contributed by atoms with van der Waals surface area (Å²) in [6, 6.07) is 8.51. The molecule has 3 rings (SSSR count). The molecule has 114 valence electrons. The topological polar surface area (TPSA) is 26.3 Å². The van der Waals surface area contributed by atoms with Gasteiger partial charge in [-0.2, -0.15) is 0 Å². The van der Waals surface area contributed by atoms with Crippen LogP contribution in [0.25, 0.3) is 0 Å². The Morgan fingerprint density at radius 3 is 2.38 bits per heavy atom. The van der Waals surface area contributed by atoms with Crippen molar-refractivity contribution in [1.29, 1.82) is 0 Å². The maximum Gasteiger partial charge on any atom is 0.312 e. The number of hydrogen-bond acceptors (Lipinski definition) is 2. The lowest BCUT2D eigenvalue weighted by atomic mass is 9.71. The highest BCUT2D eigenvalue weighted by atomic mass is 16.6. The highest BCUT2D eigenvalue weighted by molar-refractivity contribution is 5.76. The van der Waals surface area contributed by atoms with Gasteiger partial charge in [-0.25, -0.2) is 0 Å². The van der Waals surface area contributed by atoms with Crippen molar-refractivity contribution in [3.05, 3.63) is 35.4 Å². The molecule has 1 atom stereocenters. The lowest BCUT2D eigenvalue weighted by molar-refractivity contribution is -0.183. The predicted octanol–water partition coefficient (Wildman–Crippen LogP) is 4.61. The second-order valence-corrected chi connectivity index (χ2v) is 7.99. The lowest BCUT2D eigenvalue weighted by Crippen LogP contribution is -2.44. The summed E-state index contributed by atoms with van der Waals surface area (Å²) in [6.07, 6.45) is 5.87. The molecular weight excluding hydrogens is 260 g/mol. The molecule has 2 aliphatic rings. The number of carbonyl (C=O) groups excluding carboxylic acids is 1. The minimum atomic E-state index is -0.468. The van der Waals surface area contributed by atoms with Crippen LogP contribution in [0.2, 0.25) is 0 Å². The average molecular weight is 286 g/mol. The molecule has 1 fully saturated rings. The van der Waals surface area contributed by atoms with Crippen molar-refractivity contribution in [2.45, 2.75) is 65.4 Å². The van der Waals surface area contributed by atoms with Crippen LogP contribution in [-0.4, -0.2) is 5.97 Å². The van der Waals surface area contributed by atoms with Gasteiger partial charge in [0.15, 0.2) is 0 Å². The number of esters is 1. The number of benzene rings is 1. The molecule has 2 nitrogen and oxygen atoms in total. The fourth-order valence-corrected chi connectivity index (χ4v) is 4.17. The molecule has 0 N–H and O–H groups in total. The smallest absolute Gasteiger partial charge is 0.312 e. The first kappa shape index (κ1) is 14.6. The van der Waals surface area contributed by atoms with Crippen LogP contribution in [0, 0.1) is 10.8 Å². The van der Waals surface area contributed by atoms with Crippen molar-refractivity contribution in [1.82, 2.24) is 0 Å². The molecule has 1 saturated carbocycles. The van der Waals surface area contributed by atoms with Gasteiger partial charge in [0.2, 0.25) is 0 Å². The molecule has 1 spiro atoms. The van der Waals surface area contributed by atoms with Crippen LogP contribution in [0.1, 0.15) is 64.5 Å². The van der Waals surface area contributed by atoms with E-state index in [1.54, 1.807) is 0 Å². The van der Waals surface area contributed by atoms with E-state index in [1.165, 1.54) is 24.0 Å². The van der Waals surface area contributed by atoms with E-state index in [0.717, 1.165) is 19.3 Å². The van der Waals surface area contributed by atoms with Crippen molar-refractivity contribution < 1.29 is 9.53 Å². The van der Waals surface area contributed by atoms with Crippen LogP contribution in [0.3, 0.4) is 0 Å². The van der Waals surface area contributed by atoms with Gasteiger partial charge >= 0.3 is 5.97 Å². The number of hydrogen-bond donors (Lipinski definition) is 0. The van der Waals surface area contributed by atoms with E-state index in [1.807, 2.05) is 20.8 Å². The Morgan fingerprint density at radius 2 is 1.76 bits per heavy atom. The van der Waals surface area contributed by atoms with Crippen LogP contribution in [-0.2, 0) is 21.6 Å². The number of rotatable bonds is 1. The van der Waals surface area contributed by atoms with E-state index in [0.29, 0.717) is 0 Å². The highest BCUT2D eigenvalue weighted by Crippen LogP contribution is 2.60. The van der Waals surface area contributed by atoms with Crippen molar-refractivity contribution in [3.63, 3.8) is 0 Å². The summed E-state index contributed by atoms with van der Waals surface area (Å²) in [5, 5.41) is 0. The molecular formula is C19H26O2. The Labute approximate surface area is 127 Å². The summed E-state index contributed by atoms with van der Waals surface area (Å²) in [4.78, 5) is 12.6. The Kier molecular flexibility index (Phi) is 3.20. The average Bonchev–Trinajstić information content (AvgIpc) is 2.96. The summed E-state index contributed by atoms with van der Waals surface area (Å²) in [5.41, 5.74) is 1.77. The van der Waals surface area contributed by atoms with Gasteiger partial charge in [0.1, 0.15) is 5.60 Å². The Morgan fingerprint density at radius 1 is 1.14 bits per heavy atom. The van der Waals surface area contributed by atoms with Gasteiger partial charge < -0.3 is 4.74 Å². The zero-order chi connectivity index (χ0) is 15.3. The van der Waals surface area contributed by atoms with Crippen LogP contribution >= 0.6 is 0 Å². The van der Waals surface area contributed by atoms with Crippen LogP contribution in [0.5, 0.6) is 0 Å². The van der Waals surface area contributed by atoms with Crippen molar-refractivity contribution in [2.24, 2.45) is 10.8 Å². The Hall–Kier alpha value is -1.31. The normalized spacial score (nSPS) is 26.9. The van der Waals surface area contributed by atoms with Crippen molar-refractivity contribution in [3.8, 4) is 0 Å². The van der Waals surface area contributed by atoms with E-state index in [2.05, 4.69) is 31.2 Å². The first-order valence-corrected chi connectivity index (χ1v) is 8.10. The lowest BCUT2D eigenvalue weighted by Gasteiger charge is -2.42. The van der Waals surface area contributed by atoms with Gasteiger partial charge in [0.25, 0.3) is 0 Å². The SMILES string of the molecule is CC(C)(C)C(=O)OC1(C)c2ccccc2CC12CCCC2. The number of ether oxygens (including phenoxy) is 1.